The third-order valence-electron chi connectivity index (χ3n) is 3.24. The minimum absolute atomic E-state index is 0.154. The Bertz CT molecular complexity index is 345. The van der Waals surface area contributed by atoms with E-state index in [0.29, 0.717) is 6.42 Å². The van der Waals surface area contributed by atoms with Crippen molar-refractivity contribution in [2.45, 2.75) is 43.8 Å². The number of thioether (sulfide) groups is 1. The van der Waals surface area contributed by atoms with Crippen LogP contribution in [0.2, 0.25) is 0 Å². The molecule has 1 aromatic heterocycles. The van der Waals surface area contributed by atoms with E-state index >= 15 is 0 Å². The van der Waals surface area contributed by atoms with Gasteiger partial charge in [0.2, 0.25) is 5.91 Å². The van der Waals surface area contributed by atoms with Crippen molar-refractivity contribution in [3.8, 4) is 0 Å². The van der Waals surface area contributed by atoms with Gasteiger partial charge >= 0.3 is 0 Å². The number of carbonyl (C=O) groups is 1. The van der Waals surface area contributed by atoms with Crippen LogP contribution in [0.1, 0.15) is 37.0 Å². The van der Waals surface area contributed by atoms with Crippen LogP contribution in [0.5, 0.6) is 0 Å². The van der Waals surface area contributed by atoms with Gasteiger partial charge in [-0.15, -0.1) is 11.3 Å². The maximum Gasteiger partial charge on any atom is 0.225 e. The first-order valence-electron chi connectivity index (χ1n) is 6.75. The predicted octanol–water partition coefficient (Wildman–Crippen LogP) is 3.47. The molecule has 18 heavy (non-hydrogen) atoms. The molecular formula is C14H21NOS2. The normalized spacial score (nSPS) is 16.7. The van der Waals surface area contributed by atoms with E-state index in [9.17, 15) is 4.79 Å². The fourth-order valence-electron chi connectivity index (χ4n) is 2.28. The zero-order valence-electron chi connectivity index (χ0n) is 10.7. The second kappa shape index (κ2) is 7.85. The molecule has 100 valence electrons. The van der Waals surface area contributed by atoms with Gasteiger partial charge in [-0.05, 0) is 24.3 Å². The van der Waals surface area contributed by atoms with Crippen LogP contribution >= 0.6 is 23.1 Å². The van der Waals surface area contributed by atoms with E-state index in [2.05, 4.69) is 5.32 Å². The summed E-state index contributed by atoms with van der Waals surface area (Å²) in [6.45, 7) is 0.811. The van der Waals surface area contributed by atoms with Crippen molar-refractivity contribution in [1.82, 2.24) is 5.32 Å². The lowest BCUT2D eigenvalue weighted by atomic mass is 10.0. The standard InChI is InChI=1S/C14H21NOS2/c16-14(11-13-7-4-9-17-13)15-8-10-18-12-5-2-1-3-6-12/h4,7,9,12H,1-3,5-6,8,10-11H2,(H,15,16). The third-order valence-corrected chi connectivity index (χ3v) is 5.50. The van der Waals surface area contributed by atoms with Gasteiger partial charge in [0.25, 0.3) is 0 Å². The summed E-state index contributed by atoms with van der Waals surface area (Å²) in [5, 5.41) is 5.86. The van der Waals surface area contributed by atoms with Gasteiger partial charge in [-0.25, -0.2) is 0 Å². The monoisotopic (exact) mass is 283 g/mol. The molecular weight excluding hydrogens is 262 g/mol. The van der Waals surface area contributed by atoms with E-state index in [1.54, 1.807) is 11.3 Å². The van der Waals surface area contributed by atoms with Crippen LogP contribution in [0.15, 0.2) is 17.5 Å². The molecule has 1 N–H and O–H groups in total. The average molecular weight is 283 g/mol. The first-order valence-corrected chi connectivity index (χ1v) is 8.68. The maximum absolute atomic E-state index is 11.6. The number of rotatable bonds is 6. The SMILES string of the molecule is O=C(Cc1cccs1)NCCSC1CCCCC1. The lowest BCUT2D eigenvalue weighted by Gasteiger charge is -2.20. The highest BCUT2D eigenvalue weighted by Gasteiger charge is 2.13. The first kappa shape index (κ1) is 13.9. The molecule has 0 atom stereocenters. The van der Waals surface area contributed by atoms with E-state index in [1.807, 2.05) is 29.3 Å². The van der Waals surface area contributed by atoms with Crippen LogP contribution < -0.4 is 5.32 Å². The molecule has 0 aromatic carbocycles. The quantitative estimate of drug-likeness (QED) is 0.810. The molecule has 1 amide bonds. The van der Waals surface area contributed by atoms with Crippen LogP contribution in [-0.2, 0) is 11.2 Å². The van der Waals surface area contributed by atoms with Crippen molar-refractivity contribution in [1.29, 1.82) is 0 Å². The van der Waals surface area contributed by atoms with Gasteiger partial charge < -0.3 is 5.32 Å². The zero-order valence-corrected chi connectivity index (χ0v) is 12.3. The molecule has 1 heterocycles. The molecule has 1 aliphatic rings. The number of nitrogens with one attached hydrogen (secondary N) is 1. The Morgan fingerprint density at radius 3 is 2.94 bits per heavy atom. The Hall–Kier alpha value is -0.480. The molecule has 4 heteroatoms. The number of thiophene rings is 1. The third kappa shape index (κ3) is 5.02. The van der Waals surface area contributed by atoms with Crippen molar-refractivity contribution >= 4 is 29.0 Å². The molecule has 1 saturated carbocycles. The Labute approximate surface area is 118 Å². The summed E-state index contributed by atoms with van der Waals surface area (Å²) in [6.07, 6.45) is 7.47. The first-order chi connectivity index (χ1) is 8.84. The molecule has 0 saturated heterocycles. The van der Waals surface area contributed by atoms with Crippen molar-refractivity contribution < 1.29 is 4.79 Å². The summed E-state index contributed by atoms with van der Waals surface area (Å²) in [6, 6.07) is 4.01. The van der Waals surface area contributed by atoms with Gasteiger partial charge in [-0.3, -0.25) is 4.79 Å². The van der Waals surface area contributed by atoms with Crippen LogP contribution in [0.25, 0.3) is 0 Å². The van der Waals surface area contributed by atoms with Crippen molar-refractivity contribution in [3.05, 3.63) is 22.4 Å². The van der Waals surface area contributed by atoms with E-state index in [1.165, 1.54) is 32.1 Å². The summed E-state index contributed by atoms with van der Waals surface area (Å²) in [5.74, 6) is 1.21. The molecule has 0 spiro atoms. The molecule has 0 unspecified atom stereocenters. The molecule has 0 bridgehead atoms. The highest BCUT2D eigenvalue weighted by Crippen LogP contribution is 2.27. The lowest BCUT2D eigenvalue weighted by molar-refractivity contribution is -0.120. The number of carbonyl (C=O) groups excluding carboxylic acids is 1. The molecule has 2 rings (SSSR count). The van der Waals surface area contributed by atoms with Crippen LogP contribution in [0.4, 0.5) is 0 Å². The number of amides is 1. The fraction of sp³-hybridized carbons (Fsp3) is 0.643. The Morgan fingerprint density at radius 2 is 2.22 bits per heavy atom. The van der Waals surface area contributed by atoms with Crippen LogP contribution in [-0.4, -0.2) is 23.5 Å². The highest BCUT2D eigenvalue weighted by atomic mass is 32.2. The minimum Gasteiger partial charge on any atom is -0.355 e. The number of hydrogen-bond donors (Lipinski definition) is 1. The summed E-state index contributed by atoms with van der Waals surface area (Å²) in [7, 11) is 0. The van der Waals surface area contributed by atoms with E-state index in [4.69, 9.17) is 0 Å². The molecule has 1 fully saturated rings. The maximum atomic E-state index is 11.6. The Morgan fingerprint density at radius 1 is 1.39 bits per heavy atom. The second-order valence-corrected chi connectivity index (χ2v) is 7.18. The van der Waals surface area contributed by atoms with E-state index in [0.717, 1.165) is 22.4 Å². The topological polar surface area (TPSA) is 29.1 Å². The summed E-state index contributed by atoms with van der Waals surface area (Å²) < 4.78 is 0. The van der Waals surface area contributed by atoms with Crippen molar-refractivity contribution in [2.24, 2.45) is 0 Å². The largest absolute Gasteiger partial charge is 0.355 e. The molecule has 0 radical (unpaired) electrons. The van der Waals surface area contributed by atoms with E-state index in [-0.39, 0.29) is 5.91 Å². The minimum atomic E-state index is 0.154. The summed E-state index contributed by atoms with van der Waals surface area (Å²) in [4.78, 5) is 12.8. The second-order valence-electron chi connectivity index (χ2n) is 4.74. The molecule has 1 aromatic rings. The average Bonchev–Trinajstić information content (AvgIpc) is 2.89. The predicted molar refractivity (Wildman–Crippen MR) is 80.4 cm³/mol. The van der Waals surface area contributed by atoms with Gasteiger partial charge in [-0.1, -0.05) is 25.3 Å². The van der Waals surface area contributed by atoms with Crippen molar-refractivity contribution in [2.75, 3.05) is 12.3 Å². The summed E-state index contributed by atoms with van der Waals surface area (Å²) in [5.41, 5.74) is 0. The smallest absolute Gasteiger partial charge is 0.225 e. The molecule has 1 aliphatic carbocycles. The van der Waals surface area contributed by atoms with E-state index < -0.39 is 0 Å². The van der Waals surface area contributed by atoms with Crippen LogP contribution in [0.3, 0.4) is 0 Å². The summed E-state index contributed by atoms with van der Waals surface area (Å²) >= 11 is 3.68. The number of hydrogen-bond acceptors (Lipinski definition) is 3. The molecule has 0 aliphatic heterocycles. The zero-order chi connectivity index (χ0) is 12.6. The van der Waals surface area contributed by atoms with Gasteiger partial charge in [0, 0.05) is 22.4 Å². The van der Waals surface area contributed by atoms with Gasteiger partial charge in [-0.2, -0.15) is 11.8 Å². The van der Waals surface area contributed by atoms with Gasteiger partial charge in [0.15, 0.2) is 0 Å². The van der Waals surface area contributed by atoms with Gasteiger partial charge in [0.05, 0.1) is 6.42 Å². The lowest BCUT2D eigenvalue weighted by Crippen LogP contribution is -2.27. The van der Waals surface area contributed by atoms with Crippen LogP contribution in [0, 0.1) is 0 Å². The molecule has 2 nitrogen and oxygen atoms in total. The Kier molecular flexibility index (Phi) is 6.08. The van der Waals surface area contributed by atoms with Gasteiger partial charge in [0.1, 0.15) is 0 Å². The highest BCUT2D eigenvalue weighted by molar-refractivity contribution is 7.99. The Balaban J connectivity index is 1.53. The fourth-order valence-corrected chi connectivity index (χ4v) is 4.21. The van der Waals surface area contributed by atoms with Crippen molar-refractivity contribution in [3.63, 3.8) is 0 Å².